The lowest BCUT2D eigenvalue weighted by Gasteiger charge is -2.01. The van der Waals surface area contributed by atoms with E-state index >= 15 is 0 Å². The molecule has 0 heterocycles. The van der Waals surface area contributed by atoms with Gasteiger partial charge in [-0.2, -0.15) is 0 Å². The van der Waals surface area contributed by atoms with Crippen molar-refractivity contribution in [2.75, 3.05) is 6.54 Å². The summed E-state index contributed by atoms with van der Waals surface area (Å²) >= 11 is 0. The highest BCUT2D eigenvalue weighted by Crippen LogP contribution is 2.01. The number of benzene rings is 1. The summed E-state index contributed by atoms with van der Waals surface area (Å²) in [4.78, 5) is 0. The van der Waals surface area contributed by atoms with Crippen LogP contribution >= 0.6 is 0 Å². The van der Waals surface area contributed by atoms with Crippen LogP contribution in [0, 0.1) is 6.92 Å². The topological polar surface area (TPSA) is 12.0 Å². The van der Waals surface area contributed by atoms with E-state index in [0.717, 1.165) is 13.1 Å². The van der Waals surface area contributed by atoms with Crippen molar-refractivity contribution in [3.63, 3.8) is 0 Å². The minimum atomic E-state index is 0. The summed E-state index contributed by atoms with van der Waals surface area (Å²) in [6.07, 6.45) is 1.87. The van der Waals surface area contributed by atoms with Crippen molar-refractivity contribution in [1.82, 2.24) is 5.32 Å². The zero-order valence-corrected chi connectivity index (χ0v) is 8.64. The third-order valence-corrected chi connectivity index (χ3v) is 1.74. The van der Waals surface area contributed by atoms with Gasteiger partial charge < -0.3 is 17.7 Å². The number of nitrogens with one attached hydrogen (secondary N) is 1. The Hall–Kier alpha value is -0.790. The molecule has 0 fully saturated rings. The summed E-state index contributed by atoms with van der Waals surface area (Å²) in [7, 11) is 0. The van der Waals surface area contributed by atoms with Gasteiger partial charge in [0.25, 0.3) is 0 Å². The minimum absolute atomic E-state index is 0. The van der Waals surface area contributed by atoms with Crippen LogP contribution in [-0.4, -0.2) is 6.54 Å². The summed E-state index contributed by atoms with van der Waals surface area (Å²) in [5.41, 5.74) is 2.63. The normalized spacial score (nSPS) is 9.00. The maximum Gasteiger partial charge on any atom is 0.0208 e. The monoisotopic (exact) mass is 196 g/mol. The van der Waals surface area contributed by atoms with Gasteiger partial charge in [0, 0.05) is 13.1 Å². The lowest BCUT2D eigenvalue weighted by atomic mass is 10.1. The highest BCUT2D eigenvalue weighted by molar-refractivity contribution is 5.21. The molecule has 0 bridgehead atoms. The van der Waals surface area contributed by atoms with Crippen molar-refractivity contribution in [3.8, 4) is 0 Å². The van der Waals surface area contributed by atoms with Gasteiger partial charge >= 0.3 is 0 Å². The second-order valence-electron chi connectivity index (χ2n) is 2.91. The Morgan fingerprint density at radius 2 is 1.92 bits per heavy atom. The van der Waals surface area contributed by atoms with Crippen LogP contribution in [-0.2, 0) is 6.54 Å². The van der Waals surface area contributed by atoms with Crippen molar-refractivity contribution in [2.45, 2.75) is 13.5 Å². The molecule has 13 heavy (non-hydrogen) atoms. The molecule has 72 valence electrons. The molecule has 0 aromatic heterocycles. The van der Waals surface area contributed by atoms with E-state index in [2.05, 4.69) is 43.1 Å². The van der Waals surface area contributed by atoms with Gasteiger partial charge in [0.05, 0.1) is 0 Å². The van der Waals surface area contributed by atoms with Gasteiger partial charge in [-0.1, -0.05) is 35.9 Å². The van der Waals surface area contributed by atoms with Gasteiger partial charge in [0.1, 0.15) is 0 Å². The summed E-state index contributed by atoms with van der Waals surface area (Å²) in [6.45, 7) is 7.53. The van der Waals surface area contributed by atoms with Crippen molar-refractivity contribution in [1.29, 1.82) is 0 Å². The number of hydrogen-bond donors (Lipinski definition) is 1. The first kappa shape index (κ1) is 12.2. The van der Waals surface area contributed by atoms with Crippen molar-refractivity contribution in [2.24, 2.45) is 0 Å². The largest absolute Gasteiger partial charge is 1.00 e. The molecule has 1 N–H and O–H groups in total. The molecule has 0 atom stereocenters. The quantitative estimate of drug-likeness (QED) is 0.495. The molecule has 0 aliphatic heterocycles. The second-order valence-corrected chi connectivity index (χ2v) is 2.91. The van der Waals surface area contributed by atoms with E-state index < -0.39 is 0 Å². The lowest BCUT2D eigenvalue weighted by molar-refractivity contribution is -0.00000258. The maximum absolute atomic E-state index is 3.64. The minimum Gasteiger partial charge on any atom is -1.00 e. The van der Waals surface area contributed by atoms with Gasteiger partial charge in [-0.15, -0.1) is 6.58 Å². The zero-order valence-electron chi connectivity index (χ0n) is 7.89. The number of rotatable bonds is 4. The Balaban J connectivity index is 0.00000144. The van der Waals surface area contributed by atoms with Gasteiger partial charge in [0.15, 0.2) is 0 Å². The Bertz CT molecular complexity index is 241. The molecule has 0 aliphatic rings. The van der Waals surface area contributed by atoms with Crippen molar-refractivity contribution >= 4 is 0 Å². The molecule has 0 spiro atoms. The van der Waals surface area contributed by atoms with Gasteiger partial charge in [0.2, 0.25) is 0 Å². The molecule has 1 aromatic carbocycles. The summed E-state index contributed by atoms with van der Waals surface area (Å²) in [6, 6.07) is 8.55. The van der Waals surface area contributed by atoms with Crippen LogP contribution in [0.1, 0.15) is 11.1 Å². The highest BCUT2D eigenvalue weighted by Gasteiger charge is 1.89. The predicted molar refractivity (Wildman–Crippen MR) is 53.1 cm³/mol. The summed E-state index contributed by atoms with van der Waals surface area (Å²) in [5, 5.41) is 3.25. The van der Waals surface area contributed by atoms with E-state index in [4.69, 9.17) is 0 Å². The standard InChI is InChI=1S/C11H15N.ClH/c1-3-8-12-9-11-6-4-10(2)5-7-11;/h3-7,12H,1,8-9H2,2H3;1H/p-1. The van der Waals surface area contributed by atoms with Crippen molar-refractivity contribution < 1.29 is 12.4 Å². The van der Waals surface area contributed by atoms with Crippen LogP contribution in [0.4, 0.5) is 0 Å². The fourth-order valence-corrected chi connectivity index (χ4v) is 1.02. The van der Waals surface area contributed by atoms with Crippen LogP contribution in [0.2, 0.25) is 0 Å². The first-order valence-corrected chi connectivity index (χ1v) is 4.20. The summed E-state index contributed by atoms with van der Waals surface area (Å²) in [5.74, 6) is 0. The first-order chi connectivity index (χ1) is 5.83. The number of halogens is 1. The Morgan fingerprint density at radius 1 is 1.31 bits per heavy atom. The molecule has 1 rings (SSSR count). The van der Waals surface area contributed by atoms with E-state index in [-0.39, 0.29) is 12.4 Å². The molecule has 1 nitrogen and oxygen atoms in total. The second kappa shape index (κ2) is 6.70. The van der Waals surface area contributed by atoms with Crippen molar-refractivity contribution in [3.05, 3.63) is 48.0 Å². The van der Waals surface area contributed by atoms with Crippen LogP contribution in [0.3, 0.4) is 0 Å². The highest BCUT2D eigenvalue weighted by atomic mass is 35.5. The zero-order chi connectivity index (χ0) is 8.81. The molecule has 0 saturated carbocycles. The van der Waals surface area contributed by atoms with Gasteiger partial charge in [-0.3, -0.25) is 0 Å². The maximum atomic E-state index is 3.64. The molecule has 0 radical (unpaired) electrons. The van der Waals surface area contributed by atoms with Gasteiger partial charge in [-0.25, -0.2) is 0 Å². The average Bonchev–Trinajstić information content (AvgIpc) is 2.09. The SMILES string of the molecule is C=CCNCc1ccc(C)cc1.[Cl-]. The van der Waals surface area contributed by atoms with Crippen LogP contribution in [0.5, 0.6) is 0 Å². The molecular weight excluding hydrogens is 182 g/mol. The molecular formula is C11H15ClN-. The van der Waals surface area contributed by atoms with E-state index in [9.17, 15) is 0 Å². The Kier molecular flexibility index (Phi) is 6.29. The van der Waals surface area contributed by atoms with Crippen LogP contribution < -0.4 is 17.7 Å². The van der Waals surface area contributed by atoms with E-state index in [0.29, 0.717) is 0 Å². The summed E-state index contributed by atoms with van der Waals surface area (Å²) < 4.78 is 0. The van der Waals surface area contributed by atoms with Crippen LogP contribution in [0.25, 0.3) is 0 Å². The fraction of sp³-hybridized carbons (Fsp3) is 0.273. The Morgan fingerprint density at radius 3 is 2.46 bits per heavy atom. The predicted octanol–water partition coefficient (Wildman–Crippen LogP) is -0.725. The first-order valence-electron chi connectivity index (χ1n) is 4.20. The van der Waals surface area contributed by atoms with E-state index in [1.165, 1.54) is 11.1 Å². The molecule has 0 unspecified atom stereocenters. The lowest BCUT2D eigenvalue weighted by Crippen LogP contribution is -3.00. The van der Waals surface area contributed by atoms with Gasteiger partial charge in [-0.05, 0) is 12.5 Å². The molecule has 2 heteroatoms. The average molecular weight is 197 g/mol. The fourth-order valence-electron chi connectivity index (χ4n) is 1.02. The third-order valence-electron chi connectivity index (χ3n) is 1.74. The Labute approximate surface area is 86.3 Å². The number of hydrogen-bond acceptors (Lipinski definition) is 1. The van der Waals surface area contributed by atoms with Crippen LogP contribution in [0.15, 0.2) is 36.9 Å². The third kappa shape index (κ3) is 4.71. The number of aryl methyl sites for hydroxylation is 1. The molecule has 0 aliphatic carbocycles. The van der Waals surface area contributed by atoms with E-state index in [1.54, 1.807) is 0 Å². The molecule has 0 amide bonds. The van der Waals surface area contributed by atoms with E-state index in [1.807, 2.05) is 6.08 Å². The molecule has 0 saturated heterocycles. The molecule has 1 aromatic rings. The smallest absolute Gasteiger partial charge is 0.0208 e.